The maximum absolute atomic E-state index is 12.5. The van der Waals surface area contributed by atoms with Crippen LogP contribution in [-0.2, 0) is 14.3 Å². The molecule has 6 nitrogen and oxygen atoms in total. The van der Waals surface area contributed by atoms with E-state index in [1.165, 1.54) is 295 Å². The molecular weight excluding hydrogens is 947 g/mol. The highest BCUT2D eigenvalue weighted by molar-refractivity contribution is 5.76. The molecule has 0 aromatic heterocycles. The molecule has 0 aliphatic carbocycles. The molecule has 0 spiro atoms. The van der Waals surface area contributed by atoms with Crippen molar-refractivity contribution in [2.24, 2.45) is 0 Å². The van der Waals surface area contributed by atoms with E-state index in [-0.39, 0.29) is 18.5 Å². The number of carbonyl (C=O) groups is 2. The Labute approximate surface area is 481 Å². The summed E-state index contributed by atoms with van der Waals surface area (Å²) < 4.78 is 5.48. The van der Waals surface area contributed by atoms with Crippen molar-refractivity contribution in [1.82, 2.24) is 5.32 Å². The van der Waals surface area contributed by atoms with Gasteiger partial charge in [-0.3, -0.25) is 9.59 Å². The van der Waals surface area contributed by atoms with Gasteiger partial charge in [0.15, 0.2) is 0 Å². The first-order chi connectivity index (χ1) is 38.0. The normalized spacial score (nSPS) is 12.7. The molecular formula is C71H135NO5. The highest BCUT2D eigenvalue weighted by Crippen LogP contribution is 2.18. The van der Waals surface area contributed by atoms with Gasteiger partial charge in [0.25, 0.3) is 0 Å². The molecule has 6 heteroatoms. The minimum atomic E-state index is -0.663. The molecule has 0 fully saturated rings. The van der Waals surface area contributed by atoms with Gasteiger partial charge in [-0.05, 0) is 83.5 Å². The van der Waals surface area contributed by atoms with Gasteiger partial charge in [0.1, 0.15) is 0 Å². The molecule has 0 aliphatic rings. The topological polar surface area (TPSA) is 95.9 Å². The Bertz CT molecular complexity index is 1250. The number of aliphatic hydroxyl groups excluding tert-OH is 2. The van der Waals surface area contributed by atoms with Crippen molar-refractivity contribution in [1.29, 1.82) is 0 Å². The molecule has 3 N–H and O–H groups in total. The average Bonchev–Trinajstić information content (AvgIpc) is 3.43. The van der Waals surface area contributed by atoms with Crippen molar-refractivity contribution in [2.45, 2.75) is 392 Å². The molecule has 1 amide bonds. The van der Waals surface area contributed by atoms with E-state index in [1.54, 1.807) is 0 Å². The zero-order valence-electron chi connectivity index (χ0n) is 52.0. The lowest BCUT2D eigenvalue weighted by atomic mass is 10.0. The minimum Gasteiger partial charge on any atom is -0.466 e. The summed E-state index contributed by atoms with van der Waals surface area (Å²) in [6.45, 7) is 4.96. The van der Waals surface area contributed by atoms with Gasteiger partial charge < -0.3 is 20.3 Å². The lowest BCUT2D eigenvalue weighted by Gasteiger charge is -2.22. The number of hydrogen-bond donors (Lipinski definition) is 3. The second-order valence-corrected chi connectivity index (χ2v) is 23.9. The van der Waals surface area contributed by atoms with Gasteiger partial charge in [0.05, 0.1) is 25.4 Å². The molecule has 0 aromatic carbocycles. The Kier molecular flexibility index (Phi) is 64.9. The monoisotopic (exact) mass is 1080 g/mol. The fraction of sp³-hybridized carbons (Fsp3) is 0.887. The molecule has 2 unspecified atom stereocenters. The van der Waals surface area contributed by atoms with Crippen molar-refractivity contribution in [3.05, 3.63) is 36.5 Å². The van der Waals surface area contributed by atoms with Crippen molar-refractivity contribution < 1.29 is 24.5 Å². The summed E-state index contributed by atoms with van der Waals surface area (Å²) in [6.07, 6.45) is 84.8. The molecule has 0 radical (unpaired) electrons. The van der Waals surface area contributed by atoms with Crippen molar-refractivity contribution >= 4 is 11.9 Å². The van der Waals surface area contributed by atoms with Crippen LogP contribution in [-0.4, -0.2) is 47.4 Å². The molecule has 454 valence electrons. The number of amides is 1. The van der Waals surface area contributed by atoms with E-state index in [0.29, 0.717) is 25.9 Å². The van der Waals surface area contributed by atoms with Crippen molar-refractivity contribution in [3.63, 3.8) is 0 Å². The number of hydrogen-bond acceptors (Lipinski definition) is 5. The summed E-state index contributed by atoms with van der Waals surface area (Å²) in [5.74, 6) is -0.0269. The van der Waals surface area contributed by atoms with Crippen LogP contribution in [0.5, 0.6) is 0 Å². The van der Waals surface area contributed by atoms with Crippen molar-refractivity contribution in [2.75, 3.05) is 13.2 Å². The van der Waals surface area contributed by atoms with Crippen LogP contribution in [0.4, 0.5) is 0 Å². The van der Waals surface area contributed by atoms with Crippen LogP contribution in [0.25, 0.3) is 0 Å². The summed E-state index contributed by atoms with van der Waals surface area (Å²) >= 11 is 0. The first-order valence-electron chi connectivity index (χ1n) is 34.7. The summed E-state index contributed by atoms with van der Waals surface area (Å²) in [5, 5.41) is 23.3. The number of ether oxygens (including phenoxy) is 1. The second-order valence-electron chi connectivity index (χ2n) is 23.9. The molecule has 2 atom stereocenters. The molecule has 77 heavy (non-hydrogen) atoms. The molecule has 0 aliphatic heterocycles. The summed E-state index contributed by atoms with van der Waals surface area (Å²) in [4.78, 5) is 24.6. The third-order valence-corrected chi connectivity index (χ3v) is 16.2. The number of allylic oxidation sites excluding steroid dienone is 6. The van der Waals surface area contributed by atoms with Gasteiger partial charge >= 0.3 is 5.97 Å². The van der Waals surface area contributed by atoms with Crippen LogP contribution in [0.1, 0.15) is 380 Å². The van der Waals surface area contributed by atoms with E-state index in [9.17, 15) is 19.8 Å². The molecule has 0 saturated carbocycles. The number of unbranched alkanes of at least 4 members (excludes halogenated alkanes) is 48. The number of nitrogens with one attached hydrogen (secondary N) is 1. The van der Waals surface area contributed by atoms with Crippen LogP contribution in [0.3, 0.4) is 0 Å². The lowest BCUT2D eigenvalue weighted by molar-refractivity contribution is -0.143. The maximum atomic E-state index is 12.5. The summed E-state index contributed by atoms with van der Waals surface area (Å²) in [7, 11) is 0. The molecule has 0 bridgehead atoms. The lowest BCUT2D eigenvalue weighted by Crippen LogP contribution is -2.45. The average molecular weight is 1080 g/mol. The van der Waals surface area contributed by atoms with E-state index < -0.39 is 12.1 Å². The Balaban J connectivity index is 3.38. The Morgan fingerprint density at radius 2 is 0.649 bits per heavy atom. The predicted molar refractivity (Wildman–Crippen MR) is 338 cm³/mol. The molecule has 0 aromatic rings. The zero-order valence-corrected chi connectivity index (χ0v) is 52.0. The number of carbonyl (C=O) groups excluding carboxylic acids is 2. The largest absolute Gasteiger partial charge is 0.466 e. The van der Waals surface area contributed by atoms with E-state index in [1.807, 2.05) is 0 Å². The first-order valence-corrected chi connectivity index (χ1v) is 34.7. The molecule has 0 rings (SSSR count). The van der Waals surface area contributed by atoms with E-state index in [4.69, 9.17) is 4.74 Å². The number of rotatable bonds is 65. The highest BCUT2D eigenvalue weighted by Gasteiger charge is 2.20. The highest BCUT2D eigenvalue weighted by atomic mass is 16.5. The van der Waals surface area contributed by atoms with Crippen LogP contribution < -0.4 is 5.32 Å². The Hall–Kier alpha value is -1.92. The fourth-order valence-corrected chi connectivity index (χ4v) is 10.8. The van der Waals surface area contributed by atoms with Crippen LogP contribution in [0.2, 0.25) is 0 Å². The number of esters is 1. The standard InChI is InChI=1S/C71H135NO5/c1-3-5-7-9-11-13-15-17-36-41-45-49-53-57-61-65-71(76)77-66-62-58-54-50-46-42-38-35-33-31-29-27-25-23-21-19-20-22-24-26-28-30-32-34-37-40-44-48-52-56-60-64-70(75)72-68(67-73)69(74)63-59-55-51-47-43-39-18-16-14-12-10-8-6-4-2/h17,21,23,27,29,36,68-69,73-74H,3-16,18-20,22,24-26,28,30-35,37-67H2,1-2H3,(H,72,75)/b23-21-,29-27-,36-17-. The van der Waals surface area contributed by atoms with Gasteiger partial charge in [-0.2, -0.15) is 0 Å². The second kappa shape index (κ2) is 66.6. The Morgan fingerprint density at radius 3 is 1.00 bits per heavy atom. The third kappa shape index (κ3) is 63.1. The van der Waals surface area contributed by atoms with E-state index >= 15 is 0 Å². The fourth-order valence-electron chi connectivity index (χ4n) is 10.8. The first kappa shape index (κ1) is 75.1. The summed E-state index contributed by atoms with van der Waals surface area (Å²) in [6, 6.07) is -0.541. The van der Waals surface area contributed by atoms with E-state index in [2.05, 4.69) is 55.6 Å². The van der Waals surface area contributed by atoms with Gasteiger partial charge in [0, 0.05) is 12.8 Å². The molecule has 0 saturated heterocycles. The SMILES string of the molecule is CCCCCCCC/C=C\CCCCCCCC(=O)OCCCCCCCCCCC/C=C\C/C=C\CCCCCCCCCCCCCCCCCC(=O)NC(CO)C(O)CCCCCCCCCCCCCCCC. The van der Waals surface area contributed by atoms with Crippen LogP contribution >= 0.6 is 0 Å². The zero-order chi connectivity index (χ0) is 55.7. The van der Waals surface area contributed by atoms with Crippen molar-refractivity contribution in [3.8, 4) is 0 Å². The summed E-state index contributed by atoms with van der Waals surface area (Å²) in [5.41, 5.74) is 0. The predicted octanol–water partition coefficient (Wildman–Crippen LogP) is 22.3. The van der Waals surface area contributed by atoms with Crippen LogP contribution in [0.15, 0.2) is 36.5 Å². The minimum absolute atomic E-state index is 0.00554. The van der Waals surface area contributed by atoms with Gasteiger partial charge in [0.2, 0.25) is 5.91 Å². The quantitative estimate of drug-likeness (QED) is 0.0320. The third-order valence-electron chi connectivity index (χ3n) is 16.2. The number of aliphatic hydroxyl groups is 2. The Morgan fingerprint density at radius 1 is 0.364 bits per heavy atom. The van der Waals surface area contributed by atoms with Crippen LogP contribution in [0, 0.1) is 0 Å². The van der Waals surface area contributed by atoms with Gasteiger partial charge in [-0.1, -0.05) is 320 Å². The molecule has 0 heterocycles. The van der Waals surface area contributed by atoms with Gasteiger partial charge in [-0.25, -0.2) is 0 Å². The maximum Gasteiger partial charge on any atom is 0.305 e. The van der Waals surface area contributed by atoms with E-state index in [0.717, 1.165) is 51.4 Å². The smallest absolute Gasteiger partial charge is 0.305 e. The van der Waals surface area contributed by atoms with Gasteiger partial charge in [-0.15, -0.1) is 0 Å².